The van der Waals surface area contributed by atoms with Gasteiger partial charge in [-0.25, -0.2) is 9.78 Å². The van der Waals surface area contributed by atoms with E-state index in [1.807, 2.05) is 12.1 Å². The molecule has 1 N–H and O–H groups in total. The molecule has 90 valence electrons. The Labute approximate surface area is 104 Å². The van der Waals surface area contributed by atoms with Crippen LogP contribution in [0.3, 0.4) is 0 Å². The molecule has 4 nitrogen and oxygen atoms in total. The molecule has 0 atom stereocenters. The van der Waals surface area contributed by atoms with E-state index in [1.54, 1.807) is 18.2 Å². The van der Waals surface area contributed by atoms with E-state index in [0.717, 1.165) is 11.1 Å². The maximum atomic E-state index is 11.1. The molecule has 1 aromatic heterocycles. The zero-order valence-corrected chi connectivity index (χ0v) is 9.75. The molecule has 2 rings (SSSR count). The number of rotatable bonds is 3. The SMILES string of the molecule is CC(=O)c1ccc(-c2ccc(C(=O)O)nc2)cc1. The van der Waals surface area contributed by atoms with Crippen LogP contribution in [0.25, 0.3) is 11.1 Å². The minimum Gasteiger partial charge on any atom is -0.477 e. The van der Waals surface area contributed by atoms with E-state index in [-0.39, 0.29) is 11.5 Å². The van der Waals surface area contributed by atoms with Crippen molar-refractivity contribution in [3.63, 3.8) is 0 Å². The molecular weight excluding hydrogens is 230 g/mol. The number of Topliss-reactive ketones (excluding diaryl/α,β-unsaturated/α-hetero) is 1. The monoisotopic (exact) mass is 241 g/mol. The number of pyridine rings is 1. The predicted molar refractivity (Wildman–Crippen MR) is 66.6 cm³/mol. The van der Waals surface area contributed by atoms with Crippen LogP contribution in [0.1, 0.15) is 27.8 Å². The Hall–Kier alpha value is -2.49. The normalized spacial score (nSPS) is 10.1. The topological polar surface area (TPSA) is 67.3 Å². The largest absolute Gasteiger partial charge is 0.477 e. The lowest BCUT2D eigenvalue weighted by molar-refractivity contribution is 0.0690. The van der Waals surface area contributed by atoms with Gasteiger partial charge in [-0.05, 0) is 18.6 Å². The fourth-order valence-corrected chi connectivity index (χ4v) is 1.59. The Morgan fingerprint density at radius 2 is 1.61 bits per heavy atom. The summed E-state index contributed by atoms with van der Waals surface area (Å²) in [5.74, 6) is -1.03. The molecule has 18 heavy (non-hydrogen) atoms. The summed E-state index contributed by atoms with van der Waals surface area (Å²) >= 11 is 0. The summed E-state index contributed by atoms with van der Waals surface area (Å²) in [7, 11) is 0. The van der Waals surface area contributed by atoms with Crippen LogP contribution in [-0.4, -0.2) is 21.8 Å². The lowest BCUT2D eigenvalue weighted by atomic mass is 10.0. The summed E-state index contributed by atoms with van der Waals surface area (Å²) < 4.78 is 0. The van der Waals surface area contributed by atoms with Gasteiger partial charge in [0.15, 0.2) is 5.78 Å². The Morgan fingerprint density at radius 3 is 2.06 bits per heavy atom. The van der Waals surface area contributed by atoms with Gasteiger partial charge in [-0.2, -0.15) is 0 Å². The molecule has 0 unspecified atom stereocenters. The molecule has 0 spiro atoms. The van der Waals surface area contributed by atoms with Crippen molar-refractivity contribution in [2.24, 2.45) is 0 Å². The van der Waals surface area contributed by atoms with E-state index >= 15 is 0 Å². The van der Waals surface area contributed by atoms with Crippen LogP contribution in [0.15, 0.2) is 42.6 Å². The first kappa shape index (κ1) is 12.0. The smallest absolute Gasteiger partial charge is 0.354 e. The molecule has 0 fully saturated rings. The van der Waals surface area contributed by atoms with Crippen molar-refractivity contribution in [2.45, 2.75) is 6.92 Å². The van der Waals surface area contributed by atoms with Gasteiger partial charge in [0.25, 0.3) is 0 Å². The second-order valence-electron chi connectivity index (χ2n) is 3.87. The highest BCUT2D eigenvalue weighted by Crippen LogP contribution is 2.19. The summed E-state index contributed by atoms with van der Waals surface area (Å²) in [4.78, 5) is 25.6. The van der Waals surface area contributed by atoms with E-state index in [4.69, 9.17) is 5.11 Å². The summed E-state index contributed by atoms with van der Waals surface area (Å²) in [6.45, 7) is 1.51. The molecule has 0 bridgehead atoms. The Bertz CT molecular complexity index is 530. The van der Waals surface area contributed by atoms with Gasteiger partial charge < -0.3 is 5.11 Å². The zero-order valence-electron chi connectivity index (χ0n) is 9.75. The number of aromatic nitrogens is 1. The molecule has 0 saturated heterocycles. The quantitative estimate of drug-likeness (QED) is 0.839. The fourth-order valence-electron chi connectivity index (χ4n) is 1.59. The number of ketones is 1. The maximum Gasteiger partial charge on any atom is 0.354 e. The van der Waals surface area contributed by atoms with Crippen LogP contribution >= 0.6 is 0 Å². The highest BCUT2D eigenvalue weighted by atomic mass is 16.4. The van der Waals surface area contributed by atoms with Crippen molar-refractivity contribution in [2.75, 3.05) is 0 Å². The van der Waals surface area contributed by atoms with Crippen molar-refractivity contribution in [1.82, 2.24) is 4.98 Å². The van der Waals surface area contributed by atoms with E-state index in [2.05, 4.69) is 4.98 Å². The van der Waals surface area contributed by atoms with Crippen LogP contribution in [-0.2, 0) is 0 Å². The summed E-state index contributed by atoms with van der Waals surface area (Å²) in [5, 5.41) is 8.74. The van der Waals surface area contributed by atoms with Gasteiger partial charge in [-0.15, -0.1) is 0 Å². The Morgan fingerprint density at radius 1 is 1.00 bits per heavy atom. The maximum absolute atomic E-state index is 11.1. The Kier molecular flexibility index (Phi) is 3.19. The van der Waals surface area contributed by atoms with Gasteiger partial charge in [0.1, 0.15) is 5.69 Å². The summed E-state index contributed by atoms with van der Waals surface area (Å²) in [6.07, 6.45) is 1.51. The molecule has 0 aliphatic rings. The number of benzene rings is 1. The van der Waals surface area contributed by atoms with Crippen LogP contribution in [0.2, 0.25) is 0 Å². The number of carbonyl (C=O) groups excluding carboxylic acids is 1. The molecule has 0 radical (unpaired) electrons. The molecule has 2 aromatic rings. The van der Waals surface area contributed by atoms with Gasteiger partial charge in [0.2, 0.25) is 0 Å². The molecule has 1 heterocycles. The lowest BCUT2D eigenvalue weighted by Gasteiger charge is -2.02. The Balaban J connectivity index is 2.31. The average Bonchev–Trinajstić information content (AvgIpc) is 2.39. The minimum absolute atomic E-state index is 0.0131. The predicted octanol–water partition coefficient (Wildman–Crippen LogP) is 2.65. The third kappa shape index (κ3) is 2.43. The first-order valence-electron chi connectivity index (χ1n) is 5.38. The third-order valence-corrected chi connectivity index (χ3v) is 2.61. The van der Waals surface area contributed by atoms with E-state index in [1.165, 1.54) is 19.2 Å². The number of carbonyl (C=O) groups is 2. The number of hydrogen-bond acceptors (Lipinski definition) is 3. The average molecular weight is 241 g/mol. The van der Waals surface area contributed by atoms with Crippen molar-refractivity contribution in [1.29, 1.82) is 0 Å². The van der Waals surface area contributed by atoms with Crippen molar-refractivity contribution in [3.8, 4) is 11.1 Å². The van der Waals surface area contributed by atoms with Gasteiger partial charge in [0.05, 0.1) is 0 Å². The number of nitrogens with zero attached hydrogens (tertiary/aromatic N) is 1. The summed E-state index contributed by atoms with van der Waals surface area (Å²) in [6, 6.07) is 10.3. The van der Waals surface area contributed by atoms with Crippen molar-refractivity contribution < 1.29 is 14.7 Å². The highest BCUT2D eigenvalue weighted by molar-refractivity contribution is 5.94. The van der Waals surface area contributed by atoms with E-state index in [0.29, 0.717) is 5.56 Å². The first-order chi connectivity index (χ1) is 8.58. The van der Waals surface area contributed by atoms with Crippen molar-refractivity contribution in [3.05, 3.63) is 53.9 Å². The molecule has 0 saturated carbocycles. The molecule has 1 aromatic carbocycles. The lowest BCUT2D eigenvalue weighted by Crippen LogP contribution is -1.99. The number of carboxylic acid groups (broad SMARTS) is 1. The summed E-state index contributed by atoms with van der Waals surface area (Å²) in [5.41, 5.74) is 2.37. The second kappa shape index (κ2) is 4.79. The van der Waals surface area contributed by atoms with Crippen LogP contribution in [0, 0.1) is 0 Å². The standard InChI is InChI=1S/C14H11NO3/c1-9(16)10-2-4-11(5-3-10)12-6-7-13(14(17)18)15-8-12/h2-8H,1H3,(H,17,18). The van der Waals surface area contributed by atoms with Crippen LogP contribution in [0.4, 0.5) is 0 Å². The van der Waals surface area contributed by atoms with Gasteiger partial charge in [0, 0.05) is 17.3 Å². The fraction of sp³-hybridized carbons (Fsp3) is 0.0714. The number of aromatic carboxylic acids is 1. The second-order valence-corrected chi connectivity index (χ2v) is 3.87. The zero-order chi connectivity index (χ0) is 13.1. The van der Waals surface area contributed by atoms with Crippen molar-refractivity contribution >= 4 is 11.8 Å². The third-order valence-electron chi connectivity index (χ3n) is 2.61. The number of hydrogen-bond donors (Lipinski definition) is 1. The highest BCUT2D eigenvalue weighted by Gasteiger charge is 2.05. The van der Waals surface area contributed by atoms with Gasteiger partial charge >= 0.3 is 5.97 Å². The molecule has 0 amide bonds. The number of carboxylic acids is 1. The molecule has 0 aliphatic carbocycles. The van der Waals surface area contributed by atoms with Gasteiger partial charge in [-0.3, -0.25) is 4.79 Å². The van der Waals surface area contributed by atoms with Crippen LogP contribution in [0.5, 0.6) is 0 Å². The van der Waals surface area contributed by atoms with E-state index in [9.17, 15) is 9.59 Å². The van der Waals surface area contributed by atoms with Crippen LogP contribution < -0.4 is 0 Å². The molecule has 0 aliphatic heterocycles. The molecule has 4 heteroatoms. The first-order valence-corrected chi connectivity index (χ1v) is 5.38. The minimum atomic E-state index is -1.05. The van der Waals surface area contributed by atoms with E-state index < -0.39 is 5.97 Å². The van der Waals surface area contributed by atoms with Gasteiger partial charge in [-0.1, -0.05) is 30.3 Å². The molecular formula is C14H11NO3.